The SMILES string of the molecule is COc1cc2nc(NC(=O)C(Oc3ccc(N)cc3)c3ccc(OCCN(C)C)cc3)sc2cc1OC. The summed E-state index contributed by atoms with van der Waals surface area (Å²) in [6.07, 6.45) is -0.935. The molecule has 0 bridgehead atoms. The molecule has 0 spiro atoms. The largest absolute Gasteiger partial charge is 0.493 e. The average Bonchev–Trinajstić information content (AvgIpc) is 3.28. The van der Waals surface area contributed by atoms with Crippen LogP contribution in [0.2, 0.25) is 0 Å². The van der Waals surface area contributed by atoms with Crippen LogP contribution in [0, 0.1) is 0 Å². The zero-order valence-corrected chi connectivity index (χ0v) is 22.0. The van der Waals surface area contributed by atoms with Crippen molar-refractivity contribution in [3.8, 4) is 23.0 Å². The van der Waals surface area contributed by atoms with Crippen LogP contribution in [-0.4, -0.2) is 57.3 Å². The predicted octanol–water partition coefficient (Wildman–Crippen LogP) is 4.59. The Hall–Kier alpha value is -4.02. The lowest BCUT2D eigenvalue weighted by atomic mass is 10.1. The van der Waals surface area contributed by atoms with Gasteiger partial charge in [-0.3, -0.25) is 10.1 Å². The summed E-state index contributed by atoms with van der Waals surface area (Å²) in [7, 11) is 7.12. The number of likely N-dealkylation sites (N-methyl/N-ethyl adjacent to an activating group) is 1. The Morgan fingerprint density at radius 3 is 2.30 bits per heavy atom. The number of hydrogen-bond acceptors (Lipinski definition) is 9. The maximum absolute atomic E-state index is 13.5. The van der Waals surface area contributed by atoms with Crippen molar-refractivity contribution in [1.82, 2.24) is 9.88 Å². The standard InChI is InChI=1S/C27H30N4O5S/c1-31(2)13-14-35-19-9-5-17(6-10-19)25(36-20-11-7-18(28)8-12-20)26(32)30-27-29-21-15-22(33-3)23(34-4)16-24(21)37-27/h5-12,15-16,25H,13-14,28H2,1-4H3,(H,29,30,32). The highest BCUT2D eigenvalue weighted by molar-refractivity contribution is 7.22. The van der Waals surface area contributed by atoms with Gasteiger partial charge in [-0.25, -0.2) is 4.98 Å². The Morgan fingerprint density at radius 1 is 1.00 bits per heavy atom. The second-order valence-electron chi connectivity index (χ2n) is 8.47. The summed E-state index contributed by atoms with van der Waals surface area (Å²) < 4.78 is 23.5. The van der Waals surface area contributed by atoms with Crippen LogP contribution in [0.4, 0.5) is 10.8 Å². The number of anilines is 2. The summed E-state index contributed by atoms with van der Waals surface area (Å²) in [6, 6.07) is 17.8. The molecule has 1 aromatic heterocycles. The van der Waals surface area contributed by atoms with E-state index in [0.717, 1.165) is 11.2 Å². The zero-order chi connectivity index (χ0) is 26.4. The van der Waals surface area contributed by atoms with Crippen molar-refractivity contribution in [2.45, 2.75) is 6.10 Å². The van der Waals surface area contributed by atoms with E-state index in [9.17, 15) is 4.79 Å². The van der Waals surface area contributed by atoms with E-state index in [-0.39, 0.29) is 5.91 Å². The number of rotatable bonds is 11. The maximum atomic E-state index is 13.5. The smallest absolute Gasteiger partial charge is 0.271 e. The highest BCUT2D eigenvalue weighted by Gasteiger charge is 2.25. The van der Waals surface area contributed by atoms with Gasteiger partial charge in [-0.1, -0.05) is 23.5 Å². The first-order chi connectivity index (χ1) is 17.9. The van der Waals surface area contributed by atoms with Crippen molar-refractivity contribution in [3.63, 3.8) is 0 Å². The van der Waals surface area contributed by atoms with E-state index in [2.05, 4.69) is 10.3 Å². The molecule has 9 nitrogen and oxygen atoms in total. The fourth-order valence-electron chi connectivity index (χ4n) is 3.52. The van der Waals surface area contributed by atoms with Crippen LogP contribution in [0.5, 0.6) is 23.0 Å². The molecule has 3 aromatic carbocycles. The van der Waals surface area contributed by atoms with Gasteiger partial charge in [-0.05, 0) is 50.5 Å². The van der Waals surface area contributed by atoms with E-state index in [0.29, 0.717) is 51.5 Å². The first-order valence-corrected chi connectivity index (χ1v) is 12.4. The number of carbonyl (C=O) groups excluding carboxylic acids is 1. The fraction of sp³-hybridized carbons (Fsp3) is 0.259. The van der Waals surface area contributed by atoms with Crippen LogP contribution in [0.1, 0.15) is 11.7 Å². The van der Waals surface area contributed by atoms with Gasteiger partial charge in [-0.15, -0.1) is 0 Å². The zero-order valence-electron chi connectivity index (χ0n) is 21.2. The van der Waals surface area contributed by atoms with E-state index in [1.807, 2.05) is 49.3 Å². The molecule has 0 aliphatic heterocycles. The number of methoxy groups -OCH3 is 2. The van der Waals surface area contributed by atoms with Gasteiger partial charge >= 0.3 is 0 Å². The summed E-state index contributed by atoms with van der Waals surface area (Å²) in [5, 5.41) is 3.33. The minimum atomic E-state index is -0.935. The molecule has 4 aromatic rings. The highest BCUT2D eigenvalue weighted by atomic mass is 32.1. The molecule has 4 rings (SSSR count). The van der Waals surface area contributed by atoms with Crippen LogP contribution < -0.4 is 30.0 Å². The Bertz CT molecular complexity index is 1300. The van der Waals surface area contributed by atoms with Crippen molar-refractivity contribution in [1.29, 1.82) is 0 Å². The number of aromatic nitrogens is 1. The van der Waals surface area contributed by atoms with Gasteiger partial charge in [0.1, 0.15) is 18.1 Å². The third-order valence-corrected chi connectivity index (χ3v) is 6.42. The average molecular weight is 523 g/mol. The van der Waals surface area contributed by atoms with Crippen molar-refractivity contribution >= 4 is 38.3 Å². The van der Waals surface area contributed by atoms with Crippen LogP contribution in [-0.2, 0) is 4.79 Å². The second-order valence-corrected chi connectivity index (χ2v) is 9.50. The van der Waals surface area contributed by atoms with E-state index >= 15 is 0 Å². The molecule has 0 fully saturated rings. The number of benzene rings is 3. The Kier molecular flexibility index (Phi) is 8.32. The third-order valence-electron chi connectivity index (χ3n) is 5.49. The van der Waals surface area contributed by atoms with Gasteiger partial charge in [0.25, 0.3) is 5.91 Å². The van der Waals surface area contributed by atoms with E-state index in [1.165, 1.54) is 11.3 Å². The summed E-state index contributed by atoms with van der Waals surface area (Å²) >= 11 is 1.33. The van der Waals surface area contributed by atoms with Crippen molar-refractivity contribution < 1.29 is 23.7 Å². The molecule has 1 amide bonds. The molecule has 1 atom stereocenters. The van der Waals surface area contributed by atoms with Crippen LogP contribution in [0.3, 0.4) is 0 Å². The number of carbonyl (C=O) groups is 1. The van der Waals surface area contributed by atoms with Crippen LogP contribution in [0.15, 0.2) is 60.7 Å². The number of nitrogens with two attached hydrogens (primary N) is 1. The number of fused-ring (bicyclic) bond motifs is 1. The molecule has 194 valence electrons. The maximum Gasteiger partial charge on any atom is 0.271 e. The van der Waals surface area contributed by atoms with Crippen molar-refractivity contribution in [3.05, 3.63) is 66.2 Å². The van der Waals surface area contributed by atoms with E-state index in [1.54, 1.807) is 44.6 Å². The number of thiazole rings is 1. The van der Waals surface area contributed by atoms with Crippen molar-refractivity contribution in [2.75, 3.05) is 52.5 Å². The lowest BCUT2D eigenvalue weighted by molar-refractivity contribution is -0.123. The highest BCUT2D eigenvalue weighted by Crippen LogP contribution is 2.36. The lowest BCUT2D eigenvalue weighted by Crippen LogP contribution is -2.25. The molecule has 0 aliphatic carbocycles. The Balaban J connectivity index is 1.57. The van der Waals surface area contributed by atoms with Gasteiger partial charge in [0, 0.05) is 29.9 Å². The summed E-state index contributed by atoms with van der Waals surface area (Å²) in [4.78, 5) is 20.1. The van der Waals surface area contributed by atoms with Gasteiger partial charge in [0.05, 0.1) is 24.4 Å². The predicted molar refractivity (Wildman–Crippen MR) is 146 cm³/mol. The molecular weight excluding hydrogens is 492 g/mol. The lowest BCUT2D eigenvalue weighted by Gasteiger charge is -2.19. The number of hydrogen-bond donors (Lipinski definition) is 2. The quantitative estimate of drug-likeness (QED) is 0.275. The van der Waals surface area contributed by atoms with E-state index < -0.39 is 6.10 Å². The monoisotopic (exact) mass is 522 g/mol. The topological polar surface area (TPSA) is 108 Å². The normalized spacial score (nSPS) is 11.8. The van der Waals surface area contributed by atoms with Gasteiger partial charge in [0.15, 0.2) is 16.6 Å². The third kappa shape index (κ3) is 6.60. The Morgan fingerprint density at radius 2 is 1.65 bits per heavy atom. The van der Waals surface area contributed by atoms with Gasteiger partial charge in [0.2, 0.25) is 6.10 Å². The second kappa shape index (κ2) is 11.8. The number of nitrogen functional groups attached to an aromatic ring is 1. The number of amides is 1. The Labute approximate surface area is 219 Å². The van der Waals surface area contributed by atoms with Crippen LogP contribution in [0.25, 0.3) is 10.2 Å². The molecule has 10 heteroatoms. The van der Waals surface area contributed by atoms with E-state index in [4.69, 9.17) is 24.7 Å². The minimum Gasteiger partial charge on any atom is -0.493 e. The minimum absolute atomic E-state index is 0.365. The summed E-state index contributed by atoms with van der Waals surface area (Å²) in [5.74, 6) is 2.02. The number of nitrogens with zero attached hydrogens (tertiary/aromatic N) is 2. The van der Waals surface area contributed by atoms with Gasteiger partial charge in [-0.2, -0.15) is 0 Å². The molecule has 0 aliphatic rings. The van der Waals surface area contributed by atoms with Gasteiger partial charge < -0.3 is 29.6 Å². The molecular formula is C27H30N4O5S. The first-order valence-electron chi connectivity index (χ1n) is 11.6. The summed E-state index contributed by atoms with van der Waals surface area (Å²) in [6.45, 7) is 1.36. The van der Waals surface area contributed by atoms with Crippen LogP contribution >= 0.6 is 11.3 Å². The molecule has 0 radical (unpaired) electrons. The van der Waals surface area contributed by atoms with Crippen molar-refractivity contribution in [2.24, 2.45) is 0 Å². The summed E-state index contributed by atoms with van der Waals surface area (Å²) in [5.41, 5.74) is 7.77. The first kappa shape index (κ1) is 26.1. The molecule has 3 N–H and O–H groups in total. The molecule has 0 saturated heterocycles. The number of ether oxygens (including phenoxy) is 4. The number of nitrogens with one attached hydrogen (secondary N) is 1. The fourth-order valence-corrected chi connectivity index (χ4v) is 4.40. The molecule has 1 unspecified atom stereocenters. The molecule has 0 saturated carbocycles. The molecule has 1 heterocycles. The molecule has 37 heavy (non-hydrogen) atoms.